The first-order valence-corrected chi connectivity index (χ1v) is 6.53. The molecule has 1 aromatic carbocycles. The van der Waals surface area contributed by atoms with Gasteiger partial charge in [-0.25, -0.2) is 8.78 Å². The molecule has 0 radical (unpaired) electrons. The number of nitrogens with one attached hydrogen (secondary N) is 1. The number of halogens is 3. The first kappa shape index (κ1) is 11.8. The summed E-state index contributed by atoms with van der Waals surface area (Å²) in [4.78, 5) is 11.7. The standard InChI is InChI=1S/C13H10BrF2NO/c14-11-10-6-1-2-17-13(18)8(3-6)4-7(10)5-9(15)12(11)16/h4-6H,1-3H2,(H,17,18). The zero-order valence-corrected chi connectivity index (χ0v) is 11.0. The number of benzene rings is 1. The lowest BCUT2D eigenvalue weighted by atomic mass is 9.82. The molecule has 94 valence electrons. The van der Waals surface area contributed by atoms with Crippen molar-refractivity contribution < 1.29 is 13.6 Å². The fraction of sp³-hybridized carbons (Fsp3) is 0.308. The van der Waals surface area contributed by atoms with Gasteiger partial charge in [0.05, 0.1) is 4.47 Å². The zero-order valence-electron chi connectivity index (χ0n) is 9.40. The summed E-state index contributed by atoms with van der Waals surface area (Å²) < 4.78 is 27.2. The van der Waals surface area contributed by atoms with Crippen LogP contribution in [0.3, 0.4) is 0 Å². The Morgan fingerprint density at radius 1 is 1.39 bits per heavy atom. The Morgan fingerprint density at radius 2 is 2.17 bits per heavy atom. The van der Waals surface area contributed by atoms with Crippen LogP contribution in [0.5, 0.6) is 0 Å². The Hall–Kier alpha value is -1.23. The predicted molar refractivity (Wildman–Crippen MR) is 67.0 cm³/mol. The Labute approximate surface area is 111 Å². The minimum absolute atomic E-state index is 0.0587. The molecule has 0 aromatic heterocycles. The molecule has 1 unspecified atom stereocenters. The quantitative estimate of drug-likeness (QED) is 0.733. The van der Waals surface area contributed by atoms with E-state index in [-0.39, 0.29) is 16.3 Å². The number of carbonyl (C=O) groups excluding carboxylic acids is 1. The van der Waals surface area contributed by atoms with E-state index in [2.05, 4.69) is 21.2 Å². The molecular formula is C13H10BrF2NO. The molecule has 3 rings (SSSR count). The van der Waals surface area contributed by atoms with Crippen molar-refractivity contribution in [1.29, 1.82) is 0 Å². The van der Waals surface area contributed by atoms with Crippen LogP contribution >= 0.6 is 15.9 Å². The van der Waals surface area contributed by atoms with Crippen LogP contribution in [0.4, 0.5) is 8.78 Å². The summed E-state index contributed by atoms with van der Waals surface area (Å²) in [7, 11) is 0. The molecule has 1 atom stereocenters. The van der Waals surface area contributed by atoms with Crippen molar-refractivity contribution in [2.45, 2.75) is 18.8 Å². The van der Waals surface area contributed by atoms with Gasteiger partial charge in [0.1, 0.15) is 0 Å². The molecule has 0 saturated carbocycles. The van der Waals surface area contributed by atoms with Crippen molar-refractivity contribution in [3.63, 3.8) is 0 Å². The molecule has 2 aliphatic rings. The second-order valence-electron chi connectivity index (χ2n) is 4.60. The van der Waals surface area contributed by atoms with E-state index < -0.39 is 11.6 Å². The summed E-state index contributed by atoms with van der Waals surface area (Å²) in [6.45, 7) is 0.561. The smallest absolute Gasteiger partial charge is 0.247 e. The van der Waals surface area contributed by atoms with Gasteiger partial charge in [0.2, 0.25) is 5.91 Å². The summed E-state index contributed by atoms with van der Waals surface area (Å²) in [5.41, 5.74) is 2.01. The molecule has 1 aliphatic carbocycles. The molecule has 5 heteroatoms. The number of fused-ring (bicyclic) bond motifs is 4. The molecule has 1 N–H and O–H groups in total. The number of amides is 1. The maximum Gasteiger partial charge on any atom is 0.247 e. The van der Waals surface area contributed by atoms with Gasteiger partial charge in [-0.15, -0.1) is 0 Å². The van der Waals surface area contributed by atoms with Crippen molar-refractivity contribution in [3.8, 4) is 0 Å². The molecule has 0 spiro atoms. The van der Waals surface area contributed by atoms with E-state index in [1.54, 1.807) is 6.08 Å². The molecule has 1 fully saturated rings. The highest BCUT2D eigenvalue weighted by Gasteiger charge is 2.31. The maximum atomic E-state index is 13.6. The third-order valence-electron chi connectivity index (χ3n) is 3.51. The third-order valence-corrected chi connectivity index (χ3v) is 4.28. The molecular weight excluding hydrogens is 304 g/mol. The first-order chi connectivity index (χ1) is 8.58. The lowest BCUT2D eigenvalue weighted by molar-refractivity contribution is -0.117. The predicted octanol–water partition coefficient (Wildman–Crippen LogP) is 3.12. The first-order valence-electron chi connectivity index (χ1n) is 5.74. The van der Waals surface area contributed by atoms with Gasteiger partial charge < -0.3 is 5.32 Å². The fourth-order valence-electron chi connectivity index (χ4n) is 2.65. The van der Waals surface area contributed by atoms with Crippen LogP contribution < -0.4 is 5.32 Å². The average molecular weight is 314 g/mol. The van der Waals surface area contributed by atoms with Crippen LogP contribution in [0.1, 0.15) is 29.9 Å². The molecule has 1 saturated heterocycles. The van der Waals surface area contributed by atoms with Gasteiger partial charge in [-0.2, -0.15) is 0 Å². The zero-order chi connectivity index (χ0) is 12.9. The van der Waals surface area contributed by atoms with Crippen LogP contribution in [0.25, 0.3) is 6.08 Å². The molecule has 2 nitrogen and oxygen atoms in total. The number of hydrogen-bond donors (Lipinski definition) is 1. The van der Waals surface area contributed by atoms with Gasteiger partial charge in [-0.3, -0.25) is 4.79 Å². The van der Waals surface area contributed by atoms with Crippen LogP contribution in [0.15, 0.2) is 16.1 Å². The molecule has 1 heterocycles. The summed E-state index contributed by atoms with van der Waals surface area (Å²) in [6.07, 6.45) is 2.97. The normalized spacial score (nSPS) is 21.8. The third kappa shape index (κ3) is 1.68. The van der Waals surface area contributed by atoms with Gasteiger partial charge in [0, 0.05) is 12.1 Å². The Bertz CT molecular complexity index is 583. The van der Waals surface area contributed by atoms with E-state index in [4.69, 9.17) is 0 Å². The molecule has 2 bridgehead atoms. The highest BCUT2D eigenvalue weighted by Crippen LogP contribution is 2.42. The summed E-state index contributed by atoms with van der Waals surface area (Å²) in [5, 5.41) is 2.79. The Morgan fingerprint density at radius 3 is 2.94 bits per heavy atom. The second-order valence-corrected chi connectivity index (χ2v) is 5.40. The van der Waals surface area contributed by atoms with E-state index in [9.17, 15) is 13.6 Å². The van der Waals surface area contributed by atoms with Gasteiger partial charge in [-0.1, -0.05) is 0 Å². The van der Waals surface area contributed by atoms with Crippen LogP contribution in [0, 0.1) is 11.6 Å². The van der Waals surface area contributed by atoms with Gasteiger partial charge in [0.25, 0.3) is 0 Å². The van der Waals surface area contributed by atoms with Crippen LogP contribution in [-0.2, 0) is 4.79 Å². The summed E-state index contributed by atoms with van der Waals surface area (Å²) >= 11 is 3.13. The van der Waals surface area contributed by atoms with Crippen LogP contribution in [-0.4, -0.2) is 12.5 Å². The van der Waals surface area contributed by atoms with E-state index >= 15 is 0 Å². The summed E-state index contributed by atoms with van der Waals surface area (Å²) in [6, 6.07) is 1.17. The van der Waals surface area contributed by atoms with E-state index in [1.165, 1.54) is 6.07 Å². The Kier molecular flexibility index (Phi) is 2.73. The Balaban J connectivity index is 2.25. The highest BCUT2D eigenvalue weighted by atomic mass is 79.9. The molecule has 18 heavy (non-hydrogen) atoms. The molecule has 1 aliphatic heterocycles. The van der Waals surface area contributed by atoms with Gasteiger partial charge in [-0.05, 0) is 58.0 Å². The fourth-order valence-corrected chi connectivity index (χ4v) is 3.40. The molecule has 1 amide bonds. The minimum Gasteiger partial charge on any atom is -0.352 e. The van der Waals surface area contributed by atoms with Crippen molar-refractivity contribution in [2.75, 3.05) is 6.54 Å². The lowest BCUT2D eigenvalue weighted by Gasteiger charge is -2.23. The highest BCUT2D eigenvalue weighted by molar-refractivity contribution is 9.10. The van der Waals surface area contributed by atoms with Crippen LogP contribution in [0.2, 0.25) is 0 Å². The van der Waals surface area contributed by atoms with Gasteiger partial charge >= 0.3 is 0 Å². The number of carbonyl (C=O) groups is 1. The van der Waals surface area contributed by atoms with Crippen molar-refractivity contribution in [3.05, 3.63) is 38.9 Å². The van der Waals surface area contributed by atoms with Crippen molar-refractivity contribution in [1.82, 2.24) is 5.32 Å². The summed E-state index contributed by atoms with van der Waals surface area (Å²) in [5.74, 6) is -1.79. The number of hydrogen-bond acceptors (Lipinski definition) is 1. The average Bonchev–Trinajstić information content (AvgIpc) is 2.47. The lowest BCUT2D eigenvalue weighted by Crippen LogP contribution is -2.23. The van der Waals surface area contributed by atoms with E-state index in [0.29, 0.717) is 24.1 Å². The topological polar surface area (TPSA) is 29.1 Å². The SMILES string of the molecule is O=C1NCCC2CC1=Cc1cc(F)c(F)c(Br)c12. The second kappa shape index (κ2) is 4.16. The minimum atomic E-state index is -0.892. The van der Waals surface area contributed by atoms with E-state index in [0.717, 1.165) is 12.0 Å². The van der Waals surface area contributed by atoms with Crippen molar-refractivity contribution in [2.24, 2.45) is 0 Å². The maximum absolute atomic E-state index is 13.6. The molecule has 1 aromatic rings. The van der Waals surface area contributed by atoms with E-state index in [1.807, 2.05) is 0 Å². The van der Waals surface area contributed by atoms with Gasteiger partial charge in [0.15, 0.2) is 11.6 Å². The number of rotatable bonds is 0. The van der Waals surface area contributed by atoms with Crippen molar-refractivity contribution >= 4 is 27.9 Å². The largest absolute Gasteiger partial charge is 0.352 e. The monoisotopic (exact) mass is 313 g/mol.